The van der Waals surface area contributed by atoms with Crippen molar-refractivity contribution in [1.82, 2.24) is 0 Å². The van der Waals surface area contributed by atoms with Crippen LogP contribution in [0.15, 0.2) is 48.7 Å². The van der Waals surface area contributed by atoms with E-state index in [9.17, 15) is 5.11 Å². The lowest BCUT2D eigenvalue weighted by molar-refractivity contribution is -0.903. The van der Waals surface area contributed by atoms with Crippen molar-refractivity contribution < 1.29 is 19.7 Å². The molecule has 3 N–H and O–H groups in total. The molecule has 0 spiro atoms. The lowest BCUT2D eigenvalue weighted by Gasteiger charge is -2.29. The Morgan fingerprint density at radius 2 is 1.92 bits per heavy atom. The molecule has 128 valence electrons. The van der Waals surface area contributed by atoms with E-state index in [1.54, 1.807) is 6.07 Å². The Hall–Kier alpha value is -1.82. The average Bonchev–Trinajstić information content (AvgIpc) is 2.62. The molecule has 0 radical (unpaired) electrons. The number of H-pyrrole nitrogens is 1. The van der Waals surface area contributed by atoms with Crippen molar-refractivity contribution in [2.45, 2.75) is 6.10 Å². The normalized spacial score (nSPS) is 16.8. The van der Waals surface area contributed by atoms with Gasteiger partial charge in [0.1, 0.15) is 51.2 Å². The number of anilines is 1. The first-order valence-corrected chi connectivity index (χ1v) is 8.71. The van der Waals surface area contributed by atoms with Gasteiger partial charge in [-0.3, -0.25) is 4.90 Å². The monoisotopic (exact) mass is 349 g/mol. The van der Waals surface area contributed by atoms with Gasteiger partial charge >= 0.3 is 0 Å². The van der Waals surface area contributed by atoms with Crippen LogP contribution in [-0.4, -0.2) is 50.5 Å². The minimum Gasteiger partial charge on any atom is -0.489 e. The van der Waals surface area contributed by atoms with Gasteiger partial charge in [0.15, 0.2) is 0 Å². The number of nitrogens with one attached hydrogen (secondary N) is 2. The Morgan fingerprint density at radius 1 is 1.17 bits per heavy atom. The van der Waals surface area contributed by atoms with Crippen LogP contribution < -0.4 is 19.5 Å². The van der Waals surface area contributed by atoms with Crippen LogP contribution in [-0.2, 0) is 0 Å². The van der Waals surface area contributed by atoms with Crippen LogP contribution in [0.5, 0.6) is 5.75 Å². The molecule has 1 atom stereocenters. The number of aromatic nitrogens is 1. The van der Waals surface area contributed by atoms with Crippen molar-refractivity contribution in [3.8, 4) is 5.75 Å². The van der Waals surface area contributed by atoms with Gasteiger partial charge < -0.3 is 14.7 Å². The molecule has 2 heterocycles. The topological polar surface area (TPSA) is 51.3 Å². The molecule has 0 aliphatic carbocycles. The highest BCUT2D eigenvalue weighted by Crippen LogP contribution is 2.22. The number of ether oxygens (including phenoxy) is 1. The number of rotatable bonds is 6. The van der Waals surface area contributed by atoms with Crippen LogP contribution in [0.3, 0.4) is 0 Å². The third-order valence-corrected chi connectivity index (χ3v) is 4.61. The van der Waals surface area contributed by atoms with Crippen molar-refractivity contribution in [2.24, 2.45) is 0 Å². The van der Waals surface area contributed by atoms with E-state index in [0.29, 0.717) is 17.3 Å². The van der Waals surface area contributed by atoms with Crippen LogP contribution in [0, 0.1) is 0 Å². The molecule has 1 saturated heterocycles. The number of hydrogen-bond donors (Lipinski definition) is 2. The van der Waals surface area contributed by atoms with E-state index in [1.165, 1.54) is 4.90 Å². The Labute approximate surface area is 147 Å². The molecular formula is C18H24ClN3O2+2. The fourth-order valence-electron chi connectivity index (χ4n) is 2.99. The Kier molecular flexibility index (Phi) is 5.91. The third-order valence-electron chi connectivity index (χ3n) is 4.30. The zero-order valence-corrected chi connectivity index (χ0v) is 14.4. The Bertz CT molecular complexity index is 633. The van der Waals surface area contributed by atoms with E-state index in [4.69, 9.17) is 16.3 Å². The summed E-state index contributed by atoms with van der Waals surface area (Å²) in [4.78, 5) is 7.02. The van der Waals surface area contributed by atoms with Crippen LogP contribution in [0.2, 0.25) is 5.02 Å². The molecule has 6 heteroatoms. The van der Waals surface area contributed by atoms with Crippen molar-refractivity contribution in [2.75, 3.05) is 44.2 Å². The van der Waals surface area contributed by atoms with Gasteiger partial charge in [0.25, 0.3) is 5.82 Å². The number of hydrogen-bond acceptors (Lipinski definition) is 3. The summed E-state index contributed by atoms with van der Waals surface area (Å²) < 4.78 is 5.62. The van der Waals surface area contributed by atoms with Crippen molar-refractivity contribution in [1.29, 1.82) is 0 Å². The number of aliphatic hydroxyl groups is 1. The van der Waals surface area contributed by atoms with E-state index in [2.05, 4.69) is 16.0 Å². The molecule has 1 aromatic carbocycles. The number of para-hydroxylation sites is 1. The molecule has 1 aliphatic rings. The lowest BCUT2D eigenvalue weighted by Crippen LogP contribution is -3.16. The van der Waals surface area contributed by atoms with E-state index in [0.717, 1.165) is 32.0 Å². The highest BCUT2D eigenvalue weighted by Gasteiger charge is 2.27. The maximum atomic E-state index is 10.2. The predicted molar refractivity (Wildman–Crippen MR) is 93.7 cm³/mol. The molecular weight excluding hydrogens is 326 g/mol. The average molecular weight is 350 g/mol. The smallest absolute Gasteiger partial charge is 0.274 e. The summed E-state index contributed by atoms with van der Waals surface area (Å²) in [6.45, 7) is 4.93. The first-order valence-electron chi connectivity index (χ1n) is 8.33. The molecule has 0 unspecified atom stereocenters. The van der Waals surface area contributed by atoms with Gasteiger partial charge in [0.2, 0.25) is 0 Å². The van der Waals surface area contributed by atoms with Crippen molar-refractivity contribution in [3.63, 3.8) is 0 Å². The van der Waals surface area contributed by atoms with E-state index in [1.807, 2.05) is 36.5 Å². The molecule has 2 aromatic rings. The maximum Gasteiger partial charge on any atom is 0.274 e. The van der Waals surface area contributed by atoms with Gasteiger partial charge in [-0.2, -0.15) is 0 Å². The molecule has 24 heavy (non-hydrogen) atoms. The zero-order chi connectivity index (χ0) is 16.8. The number of benzene rings is 1. The second-order valence-electron chi connectivity index (χ2n) is 6.08. The number of piperazine rings is 1. The van der Waals surface area contributed by atoms with Crippen LogP contribution >= 0.6 is 11.6 Å². The zero-order valence-electron chi connectivity index (χ0n) is 13.6. The summed E-state index contributed by atoms with van der Waals surface area (Å²) in [6, 6.07) is 13.5. The van der Waals surface area contributed by atoms with Crippen LogP contribution in [0.4, 0.5) is 5.82 Å². The molecule has 1 aromatic heterocycles. The first-order chi connectivity index (χ1) is 11.7. The highest BCUT2D eigenvalue weighted by atomic mass is 35.5. The third kappa shape index (κ3) is 4.60. The van der Waals surface area contributed by atoms with Gasteiger partial charge in [-0.25, -0.2) is 4.98 Å². The van der Waals surface area contributed by atoms with Crippen molar-refractivity contribution >= 4 is 17.4 Å². The Morgan fingerprint density at radius 3 is 2.62 bits per heavy atom. The van der Waals surface area contributed by atoms with E-state index < -0.39 is 6.10 Å². The quantitative estimate of drug-likeness (QED) is 0.788. The largest absolute Gasteiger partial charge is 0.489 e. The second kappa shape index (κ2) is 8.33. The summed E-state index contributed by atoms with van der Waals surface area (Å²) in [5, 5.41) is 10.8. The Balaban J connectivity index is 1.42. The summed E-state index contributed by atoms with van der Waals surface area (Å²) >= 11 is 6.05. The van der Waals surface area contributed by atoms with Crippen LogP contribution in [0.25, 0.3) is 0 Å². The molecule has 0 bridgehead atoms. The summed E-state index contributed by atoms with van der Waals surface area (Å²) in [7, 11) is 0. The molecule has 0 amide bonds. The summed E-state index contributed by atoms with van der Waals surface area (Å²) in [5.74, 6) is 1.77. The number of pyridine rings is 1. The summed E-state index contributed by atoms with van der Waals surface area (Å²) in [5.41, 5.74) is 0. The molecule has 5 nitrogen and oxygen atoms in total. The maximum absolute atomic E-state index is 10.2. The fourth-order valence-corrected chi connectivity index (χ4v) is 3.18. The predicted octanol–water partition coefficient (Wildman–Crippen LogP) is 0.299. The van der Waals surface area contributed by atoms with E-state index >= 15 is 0 Å². The molecule has 3 rings (SSSR count). The fraction of sp³-hybridized carbons (Fsp3) is 0.389. The number of aliphatic hydroxyl groups excluding tert-OH is 1. The minimum absolute atomic E-state index is 0.267. The second-order valence-corrected chi connectivity index (χ2v) is 6.49. The van der Waals surface area contributed by atoms with E-state index in [-0.39, 0.29) is 6.61 Å². The SMILES string of the molecule is O[C@H](COc1ccccc1Cl)C[NH+]1CCN(c2cccc[nH+]2)CC1. The standard InChI is InChI=1S/C18H22ClN3O2/c19-16-5-1-2-6-17(16)24-14-15(23)13-21-9-11-22(12-10-21)18-7-3-4-8-20-18/h1-8,15,23H,9-14H2/p+2/t15-/m0/s1. The van der Waals surface area contributed by atoms with Crippen molar-refractivity contribution in [3.05, 3.63) is 53.7 Å². The number of aromatic amines is 1. The lowest BCUT2D eigenvalue weighted by atomic mass is 10.2. The number of nitrogens with zero attached hydrogens (tertiary/aromatic N) is 1. The number of quaternary nitrogens is 1. The molecule has 0 saturated carbocycles. The number of halogens is 1. The van der Waals surface area contributed by atoms with Gasteiger partial charge in [-0.15, -0.1) is 0 Å². The van der Waals surface area contributed by atoms with Gasteiger partial charge in [-0.1, -0.05) is 29.8 Å². The summed E-state index contributed by atoms with van der Waals surface area (Å²) in [6.07, 6.45) is 1.45. The minimum atomic E-state index is -0.494. The van der Waals surface area contributed by atoms with Gasteiger partial charge in [-0.05, 0) is 18.2 Å². The molecule has 1 fully saturated rings. The highest BCUT2D eigenvalue weighted by molar-refractivity contribution is 6.32. The van der Waals surface area contributed by atoms with Gasteiger partial charge in [0.05, 0.1) is 11.2 Å². The van der Waals surface area contributed by atoms with Crippen LogP contribution in [0.1, 0.15) is 0 Å². The molecule has 1 aliphatic heterocycles. The first kappa shape index (κ1) is 17.0. The van der Waals surface area contributed by atoms with Gasteiger partial charge in [0, 0.05) is 6.07 Å².